The molecule has 5 nitrogen and oxygen atoms in total. The molecule has 0 atom stereocenters. The molecule has 0 radical (unpaired) electrons. The first-order valence-corrected chi connectivity index (χ1v) is 7.72. The number of phenolic OH excluding ortho intramolecular Hbond substituents is 1. The second-order valence-electron chi connectivity index (χ2n) is 5.46. The van der Waals surface area contributed by atoms with Gasteiger partial charge in [-0.15, -0.1) is 0 Å². The van der Waals surface area contributed by atoms with E-state index in [-0.39, 0.29) is 18.3 Å². The van der Waals surface area contributed by atoms with Crippen molar-refractivity contribution in [3.63, 3.8) is 0 Å². The highest BCUT2D eigenvalue weighted by Gasteiger charge is 2.22. The first-order valence-electron chi connectivity index (χ1n) is 7.72. The third-order valence-corrected chi connectivity index (χ3v) is 3.96. The predicted molar refractivity (Wildman–Crippen MR) is 88.8 cm³/mol. The summed E-state index contributed by atoms with van der Waals surface area (Å²) in [5, 5.41) is 9.91. The van der Waals surface area contributed by atoms with Crippen LogP contribution in [0.5, 0.6) is 11.5 Å². The van der Waals surface area contributed by atoms with E-state index in [9.17, 15) is 9.90 Å². The largest absolute Gasteiger partial charge is 0.506 e. The Morgan fingerprint density at radius 3 is 2.30 bits per heavy atom. The van der Waals surface area contributed by atoms with Gasteiger partial charge in [0.2, 0.25) is 0 Å². The summed E-state index contributed by atoms with van der Waals surface area (Å²) in [6, 6.07) is 16.6. The zero-order valence-electron chi connectivity index (χ0n) is 12.9. The van der Waals surface area contributed by atoms with Gasteiger partial charge in [0, 0.05) is 26.2 Å². The van der Waals surface area contributed by atoms with E-state index in [0.29, 0.717) is 31.9 Å². The van der Waals surface area contributed by atoms with Crippen molar-refractivity contribution in [2.45, 2.75) is 0 Å². The zero-order chi connectivity index (χ0) is 16.1. The van der Waals surface area contributed by atoms with Gasteiger partial charge in [0.25, 0.3) is 5.91 Å². The maximum atomic E-state index is 12.2. The van der Waals surface area contributed by atoms with Crippen molar-refractivity contribution < 1.29 is 14.6 Å². The van der Waals surface area contributed by atoms with E-state index in [1.807, 2.05) is 42.5 Å². The van der Waals surface area contributed by atoms with Gasteiger partial charge in [-0.3, -0.25) is 4.79 Å². The highest BCUT2D eigenvalue weighted by molar-refractivity contribution is 5.78. The summed E-state index contributed by atoms with van der Waals surface area (Å²) in [5.74, 6) is 0.971. The normalized spacial score (nSPS) is 14.6. The molecule has 0 aliphatic carbocycles. The molecule has 1 aliphatic heterocycles. The summed E-state index contributed by atoms with van der Waals surface area (Å²) in [6.07, 6.45) is 0. The van der Waals surface area contributed by atoms with E-state index in [2.05, 4.69) is 4.90 Å². The lowest BCUT2D eigenvalue weighted by Crippen LogP contribution is -2.50. The van der Waals surface area contributed by atoms with Crippen LogP contribution in [-0.2, 0) is 4.79 Å². The second-order valence-corrected chi connectivity index (χ2v) is 5.46. The number of para-hydroxylation sites is 3. The number of rotatable bonds is 4. The summed E-state index contributed by atoms with van der Waals surface area (Å²) in [7, 11) is 0. The molecule has 5 heteroatoms. The molecule has 0 bridgehead atoms. The van der Waals surface area contributed by atoms with Gasteiger partial charge < -0.3 is 19.6 Å². The number of nitrogens with zero attached hydrogens (tertiary/aromatic N) is 2. The quantitative estimate of drug-likeness (QED) is 0.939. The van der Waals surface area contributed by atoms with Crippen molar-refractivity contribution in [3.8, 4) is 11.5 Å². The van der Waals surface area contributed by atoms with Crippen molar-refractivity contribution in [1.29, 1.82) is 0 Å². The lowest BCUT2D eigenvalue weighted by Gasteiger charge is -2.36. The first-order chi connectivity index (χ1) is 11.2. The molecular formula is C18H20N2O3. The lowest BCUT2D eigenvalue weighted by molar-refractivity contribution is -0.133. The van der Waals surface area contributed by atoms with Gasteiger partial charge in [0.15, 0.2) is 6.61 Å². The SMILES string of the molecule is O=C(COc1ccccc1)N1CCN(c2ccccc2O)CC1. The Bertz CT molecular complexity index is 652. The third-order valence-electron chi connectivity index (χ3n) is 3.96. The summed E-state index contributed by atoms with van der Waals surface area (Å²) >= 11 is 0. The number of benzene rings is 2. The number of phenols is 1. The molecule has 1 fully saturated rings. The molecule has 1 saturated heterocycles. The van der Waals surface area contributed by atoms with Gasteiger partial charge in [-0.2, -0.15) is 0 Å². The second kappa shape index (κ2) is 7.05. The van der Waals surface area contributed by atoms with Crippen LogP contribution in [-0.4, -0.2) is 48.7 Å². The van der Waals surface area contributed by atoms with Crippen LogP contribution in [0.15, 0.2) is 54.6 Å². The average Bonchev–Trinajstić information content (AvgIpc) is 2.61. The molecule has 0 unspecified atom stereocenters. The number of amides is 1. The number of carbonyl (C=O) groups excluding carboxylic acids is 1. The average molecular weight is 312 g/mol. The van der Waals surface area contributed by atoms with Crippen LogP contribution in [0.25, 0.3) is 0 Å². The number of piperazine rings is 1. The summed E-state index contributed by atoms with van der Waals surface area (Å²) < 4.78 is 5.51. The minimum Gasteiger partial charge on any atom is -0.506 e. The zero-order valence-corrected chi connectivity index (χ0v) is 12.9. The first kappa shape index (κ1) is 15.2. The maximum absolute atomic E-state index is 12.2. The third kappa shape index (κ3) is 3.74. The fraction of sp³-hybridized carbons (Fsp3) is 0.278. The molecule has 3 rings (SSSR count). The van der Waals surface area contributed by atoms with Crippen LogP contribution >= 0.6 is 0 Å². The topological polar surface area (TPSA) is 53.0 Å². The molecule has 1 heterocycles. The van der Waals surface area contributed by atoms with E-state index in [0.717, 1.165) is 5.69 Å². The fourth-order valence-electron chi connectivity index (χ4n) is 2.68. The molecule has 23 heavy (non-hydrogen) atoms. The van der Waals surface area contributed by atoms with Crippen molar-refractivity contribution in [1.82, 2.24) is 4.90 Å². The van der Waals surface area contributed by atoms with E-state index in [1.165, 1.54) is 0 Å². The Labute approximate surface area is 135 Å². The van der Waals surface area contributed by atoms with Crippen molar-refractivity contribution in [2.24, 2.45) is 0 Å². The minimum atomic E-state index is -0.00853. The molecule has 1 N–H and O–H groups in total. The molecule has 0 spiro atoms. The Morgan fingerprint density at radius 2 is 1.61 bits per heavy atom. The van der Waals surface area contributed by atoms with Gasteiger partial charge in [0.1, 0.15) is 11.5 Å². The molecule has 1 amide bonds. The Hall–Kier alpha value is -2.69. The van der Waals surface area contributed by atoms with Crippen LogP contribution in [0, 0.1) is 0 Å². The van der Waals surface area contributed by atoms with Gasteiger partial charge in [-0.25, -0.2) is 0 Å². The number of anilines is 1. The van der Waals surface area contributed by atoms with Crippen LogP contribution in [0.1, 0.15) is 0 Å². The molecule has 2 aromatic carbocycles. The van der Waals surface area contributed by atoms with E-state index in [1.54, 1.807) is 17.0 Å². The number of ether oxygens (including phenoxy) is 1. The lowest BCUT2D eigenvalue weighted by atomic mass is 10.2. The predicted octanol–water partition coefficient (Wildman–Crippen LogP) is 2.12. The molecule has 120 valence electrons. The molecule has 0 saturated carbocycles. The standard InChI is InChI=1S/C18H20N2O3/c21-17-9-5-4-8-16(17)19-10-12-20(13-11-19)18(22)14-23-15-6-2-1-3-7-15/h1-9,21H,10-14H2. The van der Waals surface area contributed by atoms with E-state index < -0.39 is 0 Å². The highest BCUT2D eigenvalue weighted by atomic mass is 16.5. The molecular weight excluding hydrogens is 292 g/mol. The maximum Gasteiger partial charge on any atom is 0.260 e. The summed E-state index contributed by atoms with van der Waals surface area (Å²) in [5.41, 5.74) is 0.820. The minimum absolute atomic E-state index is 0.00853. The van der Waals surface area contributed by atoms with Gasteiger partial charge in [-0.05, 0) is 24.3 Å². The Balaban J connectivity index is 1.50. The van der Waals surface area contributed by atoms with Crippen molar-refractivity contribution in [3.05, 3.63) is 54.6 Å². The highest BCUT2D eigenvalue weighted by Crippen LogP contribution is 2.27. The monoisotopic (exact) mass is 312 g/mol. The number of hydrogen-bond acceptors (Lipinski definition) is 4. The van der Waals surface area contributed by atoms with Crippen LogP contribution in [0.4, 0.5) is 5.69 Å². The number of aromatic hydroxyl groups is 1. The Kier molecular flexibility index (Phi) is 4.66. The summed E-state index contributed by atoms with van der Waals surface area (Å²) in [4.78, 5) is 16.1. The smallest absolute Gasteiger partial charge is 0.260 e. The van der Waals surface area contributed by atoms with E-state index >= 15 is 0 Å². The molecule has 0 aromatic heterocycles. The molecule has 2 aromatic rings. The summed E-state index contributed by atoms with van der Waals surface area (Å²) in [6.45, 7) is 2.72. The van der Waals surface area contributed by atoms with Crippen LogP contribution in [0.3, 0.4) is 0 Å². The van der Waals surface area contributed by atoms with Gasteiger partial charge >= 0.3 is 0 Å². The van der Waals surface area contributed by atoms with Gasteiger partial charge in [0.05, 0.1) is 5.69 Å². The van der Waals surface area contributed by atoms with E-state index in [4.69, 9.17) is 4.74 Å². The van der Waals surface area contributed by atoms with Crippen molar-refractivity contribution in [2.75, 3.05) is 37.7 Å². The number of carbonyl (C=O) groups is 1. The Morgan fingerprint density at radius 1 is 0.957 bits per heavy atom. The van der Waals surface area contributed by atoms with Crippen LogP contribution in [0.2, 0.25) is 0 Å². The van der Waals surface area contributed by atoms with Crippen molar-refractivity contribution >= 4 is 11.6 Å². The van der Waals surface area contributed by atoms with Gasteiger partial charge in [-0.1, -0.05) is 30.3 Å². The fourth-order valence-corrected chi connectivity index (χ4v) is 2.68. The van der Waals surface area contributed by atoms with Crippen LogP contribution < -0.4 is 9.64 Å². The number of hydrogen-bond donors (Lipinski definition) is 1. The molecule has 1 aliphatic rings.